The molecule has 2 aromatic carbocycles. The molecule has 0 aromatic heterocycles. The molecule has 0 aliphatic carbocycles. The maximum absolute atomic E-state index is 12.5. The number of carbonyl (C=O) groups is 1. The number of para-hydroxylation sites is 1. The summed E-state index contributed by atoms with van der Waals surface area (Å²) < 4.78 is 0. The smallest absolute Gasteiger partial charge is 0.275 e. The average Bonchev–Trinajstić information content (AvgIpc) is 2.66. The van der Waals surface area contributed by atoms with Crippen molar-refractivity contribution in [1.82, 2.24) is 4.90 Å². The Morgan fingerprint density at radius 3 is 2.31 bits per heavy atom. The van der Waals surface area contributed by atoms with E-state index in [2.05, 4.69) is 0 Å². The zero-order valence-corrected chi connectivity index (χ0v) is 14.6. The number of hydrogen-bond donors (Lipinski definition) is 2. The molecule has 26 heavy (non-hydrogen) atoms. The molecule has 0 aliphatic rings. The average molecular weight is 358 g/mol. The van der Waals surface area contributed by atoms with E-state index in [1.54, 1.807) is 37.3 Å². The van der Waals surface area contributed by atoms with Gasteiger partial charge in [0.2, 0.25) is 5.91 Å². The van der Waals surface area contributed by atoms with Crippen LogP contribution in [0.5, 0.6) is 0 Å². The zero-order chi connectivity index (χ0) is 19.3. The molecule has 0 bridgehead atoms. The normalized spacial score (nSPS) is 14.3. The number of nitro benzene ring substituents is 1. The molecule has 0 saturated heterocycles. The Balaban J connectivity index is 2.08. The quantitative estimate of drug-likeness (QED) is 0.585. The van der Waals surface area contributed by atoms with Gasteiger partial charge < -0.3 is 15.1 Å². The van der Waals surface area contributed by atoms with Crippen LogP contribution in [0.1, 0.15) is 36.7 Å². The molecule has 2 rings (SSSR count). The van der Waals surface area contributed by atoms with Gasteiger partial charge in [0.25, 0.3) is 5.69 Å². The molecular formula is C19H22N2O5. The molecule has 3 atom stereocenters. The molecule has 0 spiro atoms. The summed E-state index contributed by atoms with van der Waals surface area (Å²) in [5, 5.41) is 31.8. The van der Waals surface area contributed by atoms with Crippen LogP contribution in [0, 0.1) is 10.1 Å². The molecule has 0 saturated carbocycles. The summed E-state index contributed by atoms with van der Waals surface area (Å²) in [5.41, 5.74) is 0.544. The zero-order valence-electron chi connectivity index (χ0n) is 14.6. The summed E-state index contributed by atoms with van der Waals surface area (Å²) in [6.07, 6.45) is -2.49. The van der Waals surface area contributed by atoms with E-state index in [9.17, 15) is 25.1 Å². The number of likely N-dealkylation sites (N-methyl/N-ethyl adjacent to an activating group) is 1. The number of rotatable bonds is 7. The minimum atomic E-state index is -1.30. The Hall–Kier alpha value is -2.77. The second-order valence-electron chi connectivity index (χ2n) is 6.14. The molecular weight excluding hydrogens is 336 g/mol. The molecule has 2 N–H and O–H groups in total. The molecule has 1 amide bonds. The third-order valence-corrected chi connectivity index (χ3v) is 4.46. The van der Waals surface area contributed by atoms with Crippen molar-refractivity contribution in [2.75, 3.05) is 7.05 Å². The molecule has 0 heterocycles. The lowest BCUT2D eigenvalue weighted by molar-refractivity contribution is -0.386. The van der Waals surface area contributed by atoms with Crippen LogP contribution in [0.15, 0.2) is 54.6 Å². The number of nitrogens with zero attached hydrogens (tertiary/aromatic N) is 2. The number of hydrogen-bond acceptors (Lipinski definition) is 5. The van der Waals surface area contributed by atoms with E-state index in [4.69, 9.17) is 0 Å². The van der Waals surface area contributed by atoms with Gasteiger partial charge in [0, 0.05) is 13.1 Å². The SMILES string of the molecule is C[C@@H]([C@@H](O)c1ccccc1)N(C)C(=O)C[C@H](O)c1ccccc1[N+](=O)[O-]. The van der Waals surface area contributed by atoms with Crippen LogP contribution in [-0.4, -0.2) is 39.0 Å². The largest absolute Gasteiger partial charge is 0.388 e. The van der Waals surface area contributed by atoms with Crippen molar-refractivity contribution in [3.8, 4) is 0 Å². The lowest BCUT2D eigenvalue weighted by atomic mass is 10.0. The molecule has 7 nitrogen and oxygen atoms in total. The van der Waals surface area contributed by atoms with Crippen LogP contribution >= 0.6 is 0 Å². The van der Waals surface area contributed by atoms with Gasteiger partial charge in [0.1, 0.15) is 0 Å². The van der Waals surface area contributed by atoms with Gasteiger partial charge in [-0.3, -0.25) is 14.9 Å². The predicted octanol–water partition coefficient (Wildman–Crippen LogP) is 2.60. The Morgan fingerprint density at radius 2 is 1.69 bits per heavy atom. The number of amides is 1. The van der Waals surface area contributed by atoms with Crippen LogP contribution in [0.2, 0.25) is 0 Å². The standard InChI is InChI=1S/C19H22N2O5/c1-13(19(24)14-8-4-3-5-9-14)20(2)18(23)12-17(22)15-10-6-7-11-16(15)21(25)26/h3-11,13,17,19,22,24H,12H2,1-2H3/t13-,17-,19+/m0/s1. The van der Waals surface area contributed by atoms with Crippen molar-refractivity contribution in [3.05, 3.63) is 75.8 Å². The van der Waals surface area contributed by atoms with E-state index < -0.39 is 29.1 Å². The van der Waals surface area contributed by atoms with Gasteiger partial charge in [-0.15, -0.1) is 0 Å². The van der Waals surface area contributed by atoms with Gasteiger partial charge in [-0.2, -0.15) is 0 Å². The van der Waals surface area contributed by atoms with E-state index in [0.717, 1.165) is 0 Å². The minimum absolute atomic E-state index is 0.0931. The van der Waals surface area contributed by atoms with Crippen LogP contribution in [0.3, 0.4) is 0 Å². The molecule has 0 aliphatic heterocycles. The van der Waals surface area contributed by atoms with Gasteiger partial charge >= 0.3 is 0 Å². The van der Waals surface area contributed by atoms with Gasteiger partial charge in [0.15, 0.2) is 0 Å². The third kappa shape index (κ3) is 4.44. The second-order valence-corrected chi connectivity index (χ2v) is 6.14. The highest BCUT2D eigenvalue weighted by Gasteiger charge is 2.27. The van der Waals surface area contributed by atoms with Gasteiger partial charge in [-0.05, 0) is 18.6 Å². The first-order valence-electron chi connectivity index (χ1n) is 8.23. The summed E-state index contributed by atoms with van der Waals surface area (Å²) in [7, 11) is 1.53. The summed E-state index contributed by atoms with van der Waals surface area (Å²) in [6.45, 7) is 1.70. The van der Waals surface area contributed by atoms with Crippen molar-refractivity contribution in [3.63, 3.8) is 0 Å². The number of carbonyl (C=O) groups excluding carboxylic acids is 1. The number of aliphatic hydroxyl groups is 2. The highest BCUT2D eigenvalue weighted by molar-refractivity contribution is 5.77. The Kier molecular flexibility index (Phi) is 6.43. The van der Waals surface area contributed by atoms with Crippen molar-refractivity contribution in [2.45, 2.75) is 31.6 Å². The number of aliphatic hydroxyl groups excluding tert-OH is 2. The lowest BCUT2D eigenvalue weighted by Crippen LogP contribution is -2.39. The number of nitro groups is 1. The molecule has 0 fully saturated rings. The van der Waals surface area contributed by atoms with E-state index in [1.807, 2.05) is 6.07 Å². The molecule has 0 unspecified atom stereocenters. The van der Waals surface area contributed by atoms with Gasteiger partial charge in [-0.1, -0.05) is 42.5 Å². The van der Waals surface area contributed by atoms with E-state index in [1.165, 1.54) is 30.1 Å². The highest BCUT2D eigenvalue weighted by atomic mass is 16.6. The lowest BCUT2D eigenvalue weighted by Gasteiger charge is -2.30. The summed E-state index contributed by atoms with van der Waals surface area (Å²) in [6, 6.07) is 14.2. The predicted molar refractivity (Wildman–Crippen MR) is 96.3 cm³/mol. The Labute approximate surface area is 151 Å². The summed E-state index contributed by atoms with van der Waals surface area (Å²) in [4.78, 5) is 24.3. The first kappa shape index (κ1) is 19.6. The Morgan fingerprint density at radius 1 is 1.12 bits per heavy atom. The molecule has 138 valence electrons. The van der Waals surface area contributed by atoms with Crippen LogP contribution in [-0.2, 0) is 4.79 Å². The molecule has 0 radical (unpaired) electrons. The van der Waals surface area contributed by atoms with Gasteiger partial charge in [-0.25, -0.2) is 0 Å². The van der Waals surface area contributed by atoms with E-state index in [0.29, 0.717) is 5.56 Å². The van der Waals surface area contributed by atoms with Crippen LogP contribution in [0.25, 0.3) is 0 Å². The van der Waals surface area contributed by atoms with Crippen molar-refractivity contribution in [2.24, 2.45) is 0 Å². The first-order chi connectivity index (χ1) is 12.3. The third-order valence-electron chi connectivity index (χ3n) is 4.46. The summed E-state index contributed by atoms with van der Waals surface area (Å²) in [5.74, 6) is -0.418. The van der Waals surface area contributed by atoms with Crippen LogP contribution < -0.4 is 0 Å². The fraction of sp³-hybridized carbons (Fsp3) is 0.316. The highest BCUT2D eigenvalue weighted by Crippen LogP contribution is 2.28. The van der Waals surface area contributed by atoms with E-state index in [-0.39, 0.29) is 17.7 Å². The van der Waals surface area contributed by atoms with Crippen molar-refractivity contribution >= 4 is 11.6 Å². The molecule has 7 heteroatoms. The fourth-order valence-electron chi connectivity index (χ4n) is 2.72. The minimum Gasteiger partial charge on any atom is -0.388 e. The fourth-order valence-corrected chi connectivity index (χ4v) is 2.72. The summed E-state index contributed by atoms with van der Waals surface area (Å²) >= 11 is 0. The second kappa shape index (κ2) is 8.55. The monoisotopic (exact) mass is 358 g/mol. The topological polar surface area (TPSA) is 104 Å². The van der Waals surface area contributed by atoms with E-state index >= 15 is 0 Å². The molecule has 2 aromatic rings. The number of benzene rings is 2. The van der Waals surface area contributed by atoms with Crippen molar-refractivity contribution in [1.29, 1.82) is 0 Å². The maximum Gasteiger partial charge on any atom is 0.275 e. The van der Waals surface area contributed by atoms with Crippen LogP contribution in [0.4, 0.5) is 5.69 Å². The Bertz CT molecular complexity index is 766. The first-order valence-corrected chi connectivity index (χ1v) is 8.23. The maximum atomic E-state index is 12.5. The van der Waals surface area contributed by atoms with Crippen molar-refractivity contribution < 1.29 is 19.9 Å². The van der Waals surface area contributed by atoms with Gasteiger partial charge in [0.05, 0.1) is 35.2 Å².